The minimum absolute atomic E-state index is 0.0573. The zero-order chi connectivity index (χ0) is 19.5. The molecular weight excluding hydrogens is 392 g/mol. The molecule has 0 spiro atoms. The number of imide groups is 1. The number of carbonyl (C=O) groups excluding carboxylic acids is 3. The van der Waals surface area contributed by atoms with Crippen molar-refractivity contribution in [1.82, 2.24) is 5.32 Å². The van der Waals surface area contributed by atoms with Crippen LogP contribution in [-0.4, -0.2) is 29.4 Å². The minimum Gasteiger partial charge on any atom is -0.299 e. The van der Waals surface area contributed by atoms with Gasteiger partial charge < -0.3 is 0 Å². The number of carbonyl (C=O) groups is 3. The molecule has 0 aromatic heterocycles. The first-order valence-corrected chi connectivity index (χ1v) is 10.3. The molecule has 2 heterocycles. The first kappa shape index (κ1) is 18.4. The van der Waals surface area contributed by atoms with E-state index in [1.54, 1.807) is 22.7 Å². The van der Waals surface area contributed by atoms with Crippen LogP contribution in [0, 0.1) is 11.8 Å². The molecule has 7 heteroatoms. The van der Waals surface area contributed by atoms with E-state index in [1.165, 1.54) is 0 Å². The lowest BCUT2D eigenvalue weighted by molar-refractivity contribution is -0.116. The van der Waals surface area contributed by atoms with E-state index in [0.717, 1.165) is 33.5 Å². The van der Waals surface area contributed by atoms with E-state index in [-0.39, 0.29) is 17.1 Å². The van der Waals surface area contributed by atoms with Gasteiger partial charge in [0.05, 0.1) is 22.9 Å². The lowest BCUT2D eigenvalue weighted by Gasteiger charge is -2.27. The van der Waals surface area contributed by atoms with Gasteiger partial charge in [0.25, 0.3) is 11.1 Å². The summed E-state index contributed by atoms with van der Waals surface area (Å²) in [6, 6.07) is 15.2. The number of hydrogen-bond acceptors (Lipinski definition) is 5. The molecular formula is C21H14N2O3S2. The highest BCUT2D eigenvalue weighted by atomic mass is 32.2. The average Bonchev–Trinajstić information content (AvgIpc) is 3.01. The summed E-state index contributed by atoms with van der Waals surface area (Å²) in [5.41, 5.74) is 2.53. The molecule has 0 radical (unpaired) electrons. The van der Waals surface area contributed by atoms with Crippen molar-refractivity contribution in [1.29, 1.82) is 0 Å². The topological polar surface area (TPSA) is 66.5 Å². The van der Waals surface area contributed by atoms with Gasteiger partial charge in [-0.05, 0) is 47.7 Å². The van der Waals surface area contributed by atoms with Crippen LogP contribution in [0.15, 0.2) is 58.3 Å². The number of anilines is 1. The maximum Gasteiger partial charge on any atom is 0.290 e. The van der Waals surface area contributed by atoms with Crippen LogP contribution in [0.1, 0.15) is 11.1 Å². The van der Waals surface area contributed by atoms with Crippen molar-refractivity contribution < 1.29 is 14.4 Å². The molecule has 5 nitrogen and oxygen atoms in total. The third-order valence-corrected chi connectivity index (χ3v) is 5.99. The molecule has 28 heavy (non-hydrogen) atoms. The van der Waals surface area contributed by atoms with E-state index in [4.69, 9.17) is 0 Å². The Morgan fingerprint density at radius 2 is 1.86 bits per heavy atom. The Morgan fingerprint density at radius 3 is 2.61 bits per heavy atom. The molecule has 0 bridgehead atoms. The van der Waals surface area contributed by atoms with Crippen LogP contribution in [0.4, 0.5) is 10.5 Å². The van der Waals surface area contributed by atoms with Gasteiger partial charge in [0.15, 0.2) is 0 Å². The zero-order valence-corrected chi connectivity index (χ0v) is 16.2. The molecule has 1 fully saturated rings. The highest BCUT2D eigenvalue weighted by Gasteiger charge is 2.25. The maximum absolute atomic E-state index is 12.2. The molecule has 1 saturated heterocycles. The number of rotatable bonds is 2. The largest absolute Gasteiger partial charge is 0.299 e. The third kappa shape index (κ3) is 3.98. The summed E-state index contributed by atoms with van der Waals surface area (Å²) < 4.78 is 0. The number of thioether (sulfide) groups is 2. The fraction of sp³-hybridized carbons (Fsp3) is 0.0952. The van der Waals surface area contributed by atoms with Crippen molar-refractivity contribution in [3.63, 3.8) is 0 Å². The van der Waals surface area contributed by atoms with E-state index in [2.05, 4.69) is 17.2 Å². The Hall–Kier alpha value is -2.95. The Balaban J connectivity index is 1.46. The van der Waals surface area contributed by atoms with Gasteiger partial charge in [-0.1, -0.05) is 36.1 Å². The van der Waals surface area contributed by atoms with Crippen LogP contribution >= 0.6 is 23.5 Å². The summed E-state index contributed by atoms with van der Waals surface area (Å²) in [6.45, 7) is 0.334. The molecule has 2 aromatic rings. The predicted molar refractivity (Wildman–Crippen MR) is 112 cm³/mol. The zero-order valence-electron chi connectivity index (χ0n) is 14.6. The van der Waals surface area contributed by atoms with Crippen LogP contribution in [0.3, 0.4) is 0 Å². The third-order valence-electron chi connectivity index (χ3n) is 4.13. The quantitative estimate of drug-likeness (QED) is 0.611. The molecule has 0 saturated carbocycles. The monoisotopic (exact) mass is 406 g/mol. The van der Waals surface area contributed by atoms with E-state index < -0.39 is 0 Å². The first-order valence-electron chi connectivity index (χ1n) is 8.46. The van der Waals surface area contributed by atoms with Gasteiger partial charge in [-0.2, -0.15) is 0 Å². The van der Waals surface area contributed by atoms with Gasteiger partial charge >= 0.3 is 0 Å². The molecule has 138 valence electrons. The summed E-state index contributed by atoms with van der Waals surface area (Å²) >= 11 is 2.44. The second-order valence-corrected chi connectivity index (χ2v) is 8.04. The second-order valence-electron chi connectivity index (χ2n) is 6.01. The van der Waals surface area contributed by atoms with Crippen LogP contribution in [0.5, 0.6) is 0 Å². The summed E-state index contributed by atoms with van der Waals surface area (Å²) in [6.07, 6.45) is 1.67. The average molecular weight is 406 g/mol. The van der Waals surface area contributed by atoms with Crippen LogP contribution in [-0.2, 0) is 9.59 Å². The Bertz CT molecular complexity index is 1070. The van der Waals surface area contributed by atoms with E-state index in [1.807, 2.05) is 48.5 Å². The second kappa shape index (κ2) is 7.97. The van der Waals surface area contributed by atoms with Crippen molar-refractivity contribution in [3.8, 4) is 11.8 Å². The first-order chi connectivity index (χ1) is 13.6. The lowest BCUT2D eigenvalue weighted by Crippen LogP contribution is -2.35. The summed E-state index contributed by atoms with van der Waals surface area (Å²) in [5.74, 6) is 6.25. The molecule has 2 aromatic carbocycles. The molecule has 2 aliphatic rings. The highest BCUT2D eigenvalue weighted by Crippen LogP contribution is 2.34. The van der Waals surface area contributed by atoms with Gasteiger partial charge in [-0.3, -0.25) is 24.6 Å². The maximum atomic E-state index is 12.2. The van der Waals surface area contributed by atoms with Crippen molar-refractivity contribution in [3.05, 3.63) is 64.6 Å². The summed E-state index contributed by atoms with van der Waals surface area (Å²) in [7, 11) is 0. The van der Waals surface area contributed by atoms with E-state index in [0.29, 0.717) is 17.2 Å². The predicted octanol–water partition coefficient (Wildman–Crippen LogP) is 3.50. The van der Waals surface area contributed by atoms with Crippen LogP contribution in [0.25, 0.3) is 6.08 Å². The SMILES string of the molecule is O=C1NC(=O)/C(=C/c2ccc(C#CCN3C(=O)CSc4ccccc43)cc2)S1. The molecule has 2 aliphatic heterocycles. The Morgan fingerprint density at radius 1 is 1.07 bits per heavy atom. The fourth-order valence-corrected chi connectivity index (χ4v) is 4.40. The molecule has 1 N–H and O–H groups in total. The van der Waals surface area contributed by atoms with Crippen molar-refractivity contribution in [2.75, 3.05) is 17.2 Å². The van der Waals surface area contributed by atoms with Gasteiger partial charge in [0.1, 0.15) is 0 Å². The van der Waals surface area contributed by atoms with Gasteiger partial charge in [-0.15, -0.1) is 11.8 Å². The highest BCUT2D eigenvalue weighted by molar-refractivity contribution is 8.18. The summed E-state index contributed by atoms with van der Waals surface area (Å²) in [4.78, 5) is 38.2. The number of hydrogen-bond donors (Lipinski definition) is 1. The molecule has 0 unspecified atom stereocenters. The standard InChI is InChI=1S/C21H14N2O3S2/c24-19-13-27-17-6-2-1-5-16(17)23(19)11-3-4-14-7-9-15(10-8-14)12-18-20(25)22-21(26)28-18/h1-2,5-10,12H,11,13H2,(H,22,25,26)/b18-12-. The van der Waals surface area contributed by atoms with Gasteiger partial charge in [0.2, 0.25) is 5.91 Å². The fourth-order valence-electron chi connectivity index (χ4n) is 2.78. The van der Waals surface area contributed by atoms with Gasteiger partial charge in [-0.25, -0.2) is 0 Å². The minimum atomic E-state index is -0.372. The van der Waals surface area contributed by atoms with Crippen LogP contribution in [0.2, 0.25) is 0 Å². The number of nitrogens with zero attached hydrogens (tertiary/aromatic N) is 1. The normalized spacial score (nSPS) is 17.2. The van der Waals surface area contributed by atoms with E-state index in [9.17, 15) is 14.4 Å². The van der Waals surface area contributed by atoms with Crippen molar-refractivity contribution in [2.24, 2.45) is 0 Å². The number of para-hydroxylation sites is 1. The van der Waals surface area contributed by atoms with Crippen LogP contribution < -0.4 is 10.2 Å². The number of benzene rings is 2. The smallest absolute Gasteiger partial charge is 0.290 e. The van der Waals surface area contributed by atoms with Gasteiger partial charge in [0, 0.05) is 10.5 Å². The number of nitrogens with one attached hydrogen (secondary N) is 1. The molecule has 4 rings (SSSR count). The number of fused-ring (bicyclic) bond motifs is 1. The van der Waals surface area contributed by atoms with Crippen molar-refractivity contribution in [2.45, 2.75) is 4.90 Å². The molecule has 0 atom stereocenters. The Labute approximate surface area is 170 Å². The Kier molecular flexibility index (Phi) is 5.24. The number of amides is 3. The summed E-state index contributed by atoms with van der Waals surface area (Å²) in [5, 5.41) is 1.87. The lowest BCUT2D eigenvalue weighted by atomic mass is 10.1. The molecule has 3 amide bonds. The van der Waals surface area contributed by atoms with E-state index >= 15 is 0 Å². The molecule has 0 aliphatic carbocycles. The van der Waals surface area contributed by atoms with Crippen molar-refractivity contribution >= 4 is 52.3 Å².